The second kappa shape index (κ2) is 4.26. The van der Waals surface area contributed by atoms with Crippen molar-refractivity contribution in [3.8, 4) is 0 Å². The quantitative estimate of drug-likeness (QED) is 0.877. The third-order valence-electron chi connectivity index (χ3n) is 4.02. The molecule has 0 amide bonds. The molecular formula is C16H24N2O. The van der Waals surface area contributed by atoms with Gasteiger partial charge < -0.3 is 4.98 Å². The van der Waals surface area contributed by atoms with E-state index in [1.54, 1.807) is 0 Å². The highest BCUT2D eigenvalue weighted by Crippen LogP contribution is 2.27. The predicted molar refractivity (Wildman–Crippen MR) is 80.9 cm³/mol. The van der Waals surface area contributed by atoms with Gasteiger partial charge in [0.2, 0.25) is 0 Å². The molecular weight excluding hydrogens is 236 g/mol. The zero-order valence-electron chi connectivity index (χ0n) is 12.8. The molecule has 2 aromatic rings. The predicted octanol–water partition coefficient (Wildman–Crippen LogP) is 3.77. The first kappa shape index (κ1) is 13.9. The van der Waals surface area contributed by atoms with E-state index in [-0.39, 0.29) is 16.6 Å². The van der Waals surface area contributed by atoms with Gasteiger partial charge in [0, 0.05) is 5.54 Å². The Balaban J connectivity index is 2.71. The molecule has 2 rings (SSSR count). The average Bonchev–Trinajstić information content (AvgIpc) is 2.63. The maximum Gasteiger partial charge on any atom is 0.326 e. The number of benzene rings is 1. The number of H-pyrrole nitrogens is 1. The molecule has 0 aliphatic heterocycles. The second-order valence-electron chi connectivity index (χ2n) is 6.91. The normalized spacial score (nSPS) is 13.2. The van der Waals surface area contributed by atoms with E-state index in [1.165, 1.54) is 5.56 Å². The number of rotatable bonds is 2. The summed E-state index contributed by atoms with van der Waals surface area (Å²) in [6, 6.07) is 6.28. The first-order chi connectivity index (χ1) is 8.66. The lowest BCUT2D eigenvalue weighted by Gasteiger charge is -2.25. The van der Waals surface area contributed by atoms with Crippen molar-refractivity contribution in [1.29, 1.82) is 0 Å². The van der Waals surface area contributed by atoms with E-state index in [0.29, 0.717) is 0 Å². The van der Waals surface area contributed by atoms with Gasteiger partial charge in [-0.25, -0.2) is 4.79 Å². The number of nitrogens with one attached hydrogen (secondary N) is 1. The molecule has 1 aromatic heterocycles. The van der Waals surface area contributed by atoms with Gasteiger partial charge in [-0.1, -0.05) is 33.8 Å². The molecule has 19 heavy (non-hydrogen) atoms. The summed E-state index contributed by atoms with van der Waals surface area (Å²) in [7, 11) is 0. The van der Waals surface area contributed by atoms with E-state index < -0.39 is 0 Å². The van der Waals surface area contributed by atoms with Crippen LogP contribution in [-0.2, 0) is 11.0 Å². The zero-order valence-corrected chi connectivity index (χ0v) is 12.8. The minimum Gasteiger partial charge on any atom is -0.306 e. The van der Waals surface area contributed by atoms with Gasteiger partial charge in [-0.15, -0.1) is 0 Å². The van der Waals surface area contributed by atoms with Gasteiger partial charge in [0.05, 0.1) is 11.0 Å². The number of nitrogens with zero attached hydrogens (tertiary/aromatic N) is 1. The standard InChI is InChI=1S/C16H24N2O/c1-7-16(5,6)18-13-9-8-11(15(2,3)4)10-12(13)17-14(18)19/h8-10H,7H2,1-6H3,(H,17,19). The van der Waals surface area contributed by atoms with Gasteiger partial charge >= 0.3 is 5.69 Å². The summed E-state index contributed by atoms with van der Waals surface area (Å²) < 4.78 is 1.87. The number of hydrogen-bond acceptors (Lipinski definition) is 1. The number of aromatic nitrogens is 2. The third kappa shape index (κ3) is 2.34. The number of aromatic amines is 1. The fourth-order valence-corrected chi connectivity index (χ4v) is 2.34. The minimum absolute atomic E-state index is 0.0205. The highest BCUT2D eigenvalue weighted by molar-refractivity contribution is 5.76. The Morgan fingerprint density at radius 1 is 1.16 bits per heavy atom. The molecule has 0 atom stereocenters. The van der Waals surface area contributed by atoms with Crippen molar-refractivity contribution in [2.75, 3.05) is 0 Å². The smallest absolute Gasteiger partial charge is 0.306 e. The van der Waals surface area contributed by atoms with Crippen LogP contribution in [0.2, 0.25) is 0 Å². The molecule has 0 bridgehead atoms. The largest absolute Gasteiger partial charge is 0.326 e. The van der Waals surface area contributed by atoms with Gasteiger partial charge in [0.1, 0.15) is 0 Å². The fourth-order valence-electron chi connectivity index (χ4n) is 2.34. The molecule has 0 aliphatic rings. The van der Waals surface area contributed by atoms with Crippen LogP contribution < -0.4 is 5.69 Å². The molecule has 1 aromatic carbocycles. The molecule has 3 nitrogen and oxygen atoms in total. The molecule has 0 aliphatic carbocycles. The minimum atomic E-state index is -0.168. The van der Waals surface area contributed by atoms with Crippen molar-refractivity contribution in [2.45, 2.75) is 58.9 Å². The Hall–Kier alpha value is -1.51. The summed E-state index contributed by atoms with van der Waals surface area (Å²) >= 11 is 0. The first-order valence-electron chi connectivity index (χ1n) is 6.92. The van der Waals surface area contributed by atoms with E-state index in [9.17, 15) is 4.79 Å². The van der Waals surface area contributed by atoms with Gasteiger partial charge in [0.25, 0.3) is 0 Å². The molecule has 0 fully saturated rings. The molecule has 3 heteroatoms. The van der Waals surface area contributed by atoms with Crippen LogP contribution in [0.1, 0.15) is 53.5 Å². The summed E-state index contributed by atoms with van der Waals surface area (Å²) in [6.07, 6.45) is 0.918. The molecule has 0 unspecified atom stereocenters. The third-order valence-corrected chi connectivity index (χ3v) is 4.02. The Bertz CT molecular complexity index is 653. The van der Waals surface area contributed by atoms with Crippen molar-refractivity contribution in [3.63, 3.8) is 0 Å². The Labute approximate surface area is 114 Å². The summed E-state index contributed by atoms with van der Waals surface area (Å²) in [6.45, 7) is 12.8. The van der Waals surface area contributed by atoms with Crippen LogP contribution in [-0.4, -0.2) is 9.55 Å². The number of hydrogen-bond donors (Lipinski definition) is 1. The summed E-state index contributed by atoms with van der Waals surface area (Å²) in [4.78, 5) is 15.2. The van der Waals surface area contributed by atoms with Crippen molar-refractivity contribution in [1.82, 2.24) is 9.55 Å². The molecule has 0 saturated carbocycles. The van der Waals surface area contributed by atoms with Crippen LogP contribution in [0.15, 0.2) is 23.0 Å². The van der Waals surface area contributed by atoms with Crippen LogP contribution in [0.4, 0.5) is 0 Å². The Kier molecular flexibility index (Phi) is 3.12. The average molecular weight is 260 g/mol. The fraction of sp³-hybridized carbons (Fsp3) is 0.562. The number of imidazole rings is 1. The van der Waals surface area contributed by atoms with E-state index in [0.717, 1.165) is 17.5 Å². The monoisotopic (exact) mass is 260 g/mol. The van der Waals surface area contributed by atoms with Gasteiger partial charge in [0.15, 0.2) is 0 Å². The van der Waals surface area contributed by atoms with Crippen molar-refractivity contribution < 1.29 is 0 Å². The van der Waals surface area contributed by atoms with Crippen LogP contribution in [0.5, 0.6) is 0 Å². The lowest BCUT2D eigenvalue weighted by atomic mass is 9.87. The topological polar surface area (TPSA) is 37.8 Å². The van der Waals surface area contributed by atoms with Crippen LogP contribution >= 0.6 is 0 Å². The summed E-state index contributed by atoms with van der Waals surface area (Å²) in [5, 5.41) is 0. The van der Waals surface area contributed by atoms with Crippen molar-refractivity contribution in [3.05, 3.63) is 34.2 Å². The van der Waals surface area contributed by atoms with Crippen LogP contribution in [0.3, 0.4) is 0 Å². The Morgan fingerprint density at radius 2 is 1.79 bits per heavy atom. The van der Waals surface area contributed by atoms with E-state index in [4.69, 9.17) is 0 Å². The van der Waals surface area contributed by atoms with Gasteiger partial charge in [-0.2, -0.15) is 0 Å². The first-order valence-corrected chi connectivity index (χ1v) is 6.92. The second-order valence-corrected chi connectivity index (χ2v) is 6.91. The highest BCUT2D eigenvalue weighted by atomic mass is 16.1. The van der Waals surface area contributed by atoms with Crippen LogP contribution in [0.25, 0.3) is 11.0 Å². The number of fused-ring (bicyclic) bond motifs is 1. The lowest BCUT2D eigenvalue weighted by Crippen LogP contribution is -2.34. The van der Waals surface area contributed by atoms with E-state index in [1.807, 2.05) is 4.57 Å². The zero-order chi connectivity index (χ0) is 14.4. The molecule has 0 radical (unpaired) electrons. The van der Waals surface area contributed by atoms with Crippen molar-refractivity contribution >= 4 is 11.0 Å². The SMILES string of the molecule is CCC(C)(C)n1c(=O)[nH]c2cc(C(C)(C)C)ccc21. The van der Waals surface area contributed by atoms with Crippen molar-refractivity contribution in [2.24, 2.45) is 0 Å². The maximum atomic E-state index is 12.2. The maximum absolute atomic E-state index is 12.2. The highest BCUT2D eigenvalue weighted by Gasteiger charge is 2.23. The summed E-state index contributed by atoms with van der Waals surface area (Å²) in [5.41, 5.74) is 3.06. The Morgan fingerprint density at radius 3 is 2.32 bits per heavy atom. The summed E-state index contributed by atoms with van der Waals surface area (Å²) in [5.74, 6) is 0. The molecule has 1 heterocycles. The molecule has 0 saturated heterocycles. The van der Waals surface area contributed by atoms with Crippen LogP contribution in [0, 0.1) is 0 Å². The lowest BCUT2D eigenvalue weighted by molar-refractivity contribution is 0.343. The molecule has 0 spiro atoms. The van der Waals surface area contributed by atoms with E-state index in [2.05, 4.69) is 64.7 Å². The molecule has 104 valence electrons. The van der Waals surface area contributed by atoms with E-state index >= 15 is 0 Å². The molecule has 1 N–H and O–H groups in total. The van der Waals surface area contributed by atoms with Gasteiger partial charge in [-0.3, -0.25) is 4.57 Å². The van der Waals surface area contributed by atoms with Gasteiger partial charge in [-0.05, 0) is 43.4 Å².